The second-order valence-corrected chi connectivity index (χ2v) is 5.76. The van der Waals surface area contributed by atoms with Crippen molar-refractivity contribution in [1.29, 1.82) is 0 Å². The van der Waals surface area contributed by atoms with Crippen LogP contribution < -0.4 is 11.1 Å². The molecule has 1 aliphatic carbocycles. The molecule has 1 fully saturated rings. The maximum atomic E-state index is 9.66. The van der Waals surface area contributed by atoms with Crippen LogP contribution in [0.1, 0.15) is 51.3 Å². The summed E-state index contributed by atoms with van der Waals surface area (Å²) < 4.78 is 0. The minimum Gasteiger partial charge on any atom is -0.393 e. The van der Waals surface area contributed by atoms with Crippen LogP contribution >= 0.6 is 0 Å². The largest absolute Gasteiger partial charge is 0.393 e. The Balaban J connectivity index is 1.95. The lowest BCUT2D eigenvalue weighted by atomic mass is 9.87. The molecule has 2 rings (SSSR count). The first-order valence-electron chi connectivity index (χ1n) is 7.11. The molecule has 5 nitrogen and oxygen atoms in total. The van der Waals surface area contributed by atoms with Crippen molar-refractivity contribution >= 4 is 11.6 Å². The van der Waals surface area contributed by atoms with Gasteiger partial charge in [-0.1, -0.05) is 20.3 Å². The first kappa shape index (κ1) is 14.1. The van der Waals surface area contributed by atoms with Crippen LogP contribution in [0.3, 0.4) is 0 Å². The van der Waals surface area contributed by atoms with E-state index in [0.717, 1.165) is 37.4 Å². The number of anilines is 2. The van der Waals surface area contributed by atoms with Crippen LogP contribution in [0.25, 0.3) is 0 Å². The Kier molecular flexibility index (Phi) is 4.58. The summed E-state index contributed by atoms with van der Waals surface area (Å²) in [5.41, 5.74) is 5.80. The van der Waals surface area contributed by atoms with E-state index >= 15 is 0 Å². The molecule has 0 saturated heterocycles. The van der Waals surface area contributed by atoms with E-state index < -0.39 is 0 Å². The number of nitrogens with zero attached hydrogens (tertiary/aromatic N) is 2. The van der Waals surface area contributed by atoms with Crippen LogP contribution in [-0.4, -0.2) is 27.7 Å². The molecule has 1 aliphatic rings. The smallest absolute Gasteiger partial charge is 0.135 e. The van der Waals surface area contributed by atoms with Gasteiger partial charge in [0.1, 0.15) is 17.5 Å². The van der Waals surface area contributed by atoms with Gasteiger partial charge in [0.25, 0.3) is 0 Å². The minimum atomic E-state index is -0.137. The van der Waals surface area contributed by atoms with Gasteiger partial charge in [0.2, 0.25) is 0 Å². The molecule has 1 aromatic rings. The minimum absolute atomic E-state index is 0.137. The molecule has 0 radical (unpaired) electrons. The zero-order valence-corrected chi connectivity index (χ0v) is 11.8. The van der Waals surface area contributed by atoms with E-state index in [1.54, 1.807) is 6.07 Å². The second kappa shape index (κ2) is 6.19. The monoisotopic (exact) mass is 264 g/mol. The van der Waals surface area contributed by atoms with Gasteiger partial charge in [0.15, 0.2) is 0 Å². The highest BCUT2D eigenvalue weighted by Crippen LogP contribution is 2.24. The highest BCUT2D eigenvalue weighted by molar-refractivity contribution is 5.44. The lowest BCUT2D eigenvalue weighted by Crippen LogP contribution is -2.25. The van der Waals surface area contributed by atoms with Gasteiger partial charge < -0.3 is 16.2 Å². The number of aliphatic hydroxyl groups is 1. The Bertz CT molecular complexity index is 422. The molecule has 0 bridgehead atoms. The van der Waals surface area contributed by atoms with Crippen LogP contribution in [0.4, 0.5) is 11.6 Å². The molecule has 2 atom stereocenters. The molecule has 1 saturated carbocycles. The van der Waals surface area contributed by atoms with Crippen molar-refractivity contribution in [2.24, 2.45) is 5.92 Å². The third-order valence-electron chi connectivity index (χ3n) is 3.61. The third-order valence-corrected chi connectivity index (χ3v) is 3.61. The zero-order chi connectivity index (χ0) is 13.8. The number of aliphatic hydroxyl groups excluding tert-OH is 1. The fourth-order valence-corrected chi connectivity index (χ4v) is 2.53. The van der Waals surface area contributed by atoms with Crippen molar-refractivity contribution in [3.63, 3.8) is 0 Å². The number of nitrogens with two attached hydrogens (primary N) is 1. The van der Waals surface area contributed by atoms with Crippen molar-refractivity contribution in [2.45, 2.75) is 51.6 Å². The average molecular weight is 264 g/mol. The highest BCUT2D eigenvalue weighted by atomic mass is 16.3. The first-order chi connectivity index (χ1) is 9.04. The summed E-state index contributed by atoms with van der Waals surface area (Å²) in [5, 5.41) is 13.0. The summed E-state index contributed by atoms with van der Waals surface area (Å²) in [6.07, 6.45) is 3.96. The van der Waals surface area contributed by atoms with Gasteiger partial charge in [0.05, 0.1) is 6.10 Å². The van der Waals surface area contributed by atoms with Crippen LogP contribution in [0, 0.1) is 5.92 Å². The van der Waals surface area contributed by atoms with E-state index in [0.29, 0.717) is 11.7 Å². The van der Waals surface area contributed by atoms with Crippen molar-refractivity contribution in [3.8, 4) is 0 Å². The molecule has 19 heavy (non-hydrogen) atoms. The third kappa shape index (κ3) is 4.06. The Morgan fingerprint density at radius 2 is 2.21 bits per heavy atom. The van der Waals surface area contributed by atoms with Gasteiger partial charge in [-0.25, -0.2) is 9.97 Å². The van der Waals surface area contributed by atoms with E-state index in [1.807, 2.05) is 0 Å². The van der Waals surface area contributed by atoms with Crippen molar-refractivity contribution in [3.05, 3.63) is 11.9 Å². The molecule has 0 spiro atoms. The average Bonchev–Trinajstić information content (AvgIpc) is 2.36. The molecular formula is C14H24N4O. The molecule has 0 amide bonds. The molecule has 5 heteroatoms. The van der Waals surface area contributed by atoms with Gasteiger partial charge >= 0.3 is 0 Å². The Morgan fingerprint density at radius 1 is 1.42 bits per heavy atom. The van der Waals surface area contributed by atoms with Gasteiger partial charge in [0, 0.05) is 18.5 Å². The molecule has 1 aromatic heterocycles. The number of aromatic nitrogens is 2. The lowest BCUT2D eigenvalue weighted by Gasteiger charge is -2.26. The summed E-state index contributed by atoms with van der Waals surface area (Å²) in [6.45, 7) is 4.94. The van der Waals surface area contributed by atoms with Crippen LogP contribution in [0.15, 0.2) is 6.07 Å². The molecule has 2 unspecified atom stereocenters. The topological polar surface area (TPSA) is 84.1 Å². The fraction of sp³-hybridized carbons (Fsp3) is 0.714. The van der Waals surface area contributed by atoms with Gasteiger partial charge in [-0.2, -0.15) is 0 Å². The summed E-state index contributed by atoms with van der Waals surface area (Å²) in [6, 6.07) is 1.77. The standard InChI is InChI=1S/C14H24N4O/c1-9(2)14-17-12(15)7-13(18-14)16-8-10-4-3-5-11(19)6-10/h7,9-11,19H,3-6,8H2,1-2H3,(H3,15,16,17,18). The van der Waals surface area contributed by atoms with E-state index in [2.05, 4.69) is 29.1 Å². The highest BCUT2D eigenvalue weighted by Gasteiger charge is 2.20. The fourth-order valence-electron chi connectivity index (χ4n) is 2.53. The van der Waals surface area contributed by atoms with E-state index in [4.69, 9.17) is 5.73 Å². The Morgan fingerprint density at radius 3 is 2.89 bits per heavy atom. The van der Waals surface area contributed by atoms with Gasteiger partial charge in [-0.3, -0.25) is 0 Å². The number of rotatable bonds is 4. The second-order valence-electron chi connectivity index (χ2n) is 5.76. The summed E-state index contributed by atoms with van der Waals surface area (Å²) in [5.74, 6) is 2.84. The number of nitrogens with one attached hydrogen (secondary N) is 1. The summed E-state index contributed by atoms with van der Waals surface area (Å²) in [7, 11) is 0. The van der Waals surface area contributed by atoms with Crippen LogP contribution in [0.2, 0.25) is 0 Å². The molecule has 1 heterocycles. The lowest BCUT2D eigenvalue weighted by molar-refractivity contribution is 0.104. The van der Waals surface area contributed by atoms with E-state index in [1.165, 1.54) is 6.42 Å². The Labute approximate surface area is 114 Å². The van der Waals surface area contributed by atoms with Gasteiger partial charge in [-0.05, 0) is 25.2 Å². The molecular weight excluding hydrogens is 240 g/mol. The number of hydrogen-bond donors (Lipinski definition) is 3. The van der Waals surface area contributed by atoms with Crippen molar-refractivity contribution in [2.75, 3.05) is 17.6 Å². The van der Waals surface area contributed by atoms with E-state index in [9.17, 15) is 5.11 Å². The molecule has 106 valence electrons. The molecule has 0 aromatic carbocycles. The van der Waals surface area contributed by atoms with E-state index in [-0.39, 0.29) is 12.0 Å². The first-order valence-corrected chi connectivity index (χ1v) is 7.11. The summed E-state index contributed by atoms with van der Waals surface area (Å²) in [4.78, 5) is 8.70. The Hall–Kier alpha value is -1.36. The normalized spacial score (nSPS) is 23.6. The predicted molar refractivity (Wildman–Crippen MR) is 77.0 cm³/mol. The number of hydrogen-bond acceptors (Lipinski definition) is 5. The SMILES string of the molecule is CC(C)c1nc(N)cc(NCC2CCCC(O)C2)n1. The predicted octanol–water partition coefficient (Wildman–Crippen LogP) is 2.15. The maximum absolute atomic E-state index is 9.66. The number of nitrogen functional groups attached to an aromatic ring is 1. The van der Waals surface area contributed by atoms with Crippen LogP contribution in [-0.2, 0) is 0 Å². The quantitative estimate of drug-likeness (QED) is 0.776. The van der Waals surface area contributed by atoms with Crippen molar-refractivity contribution in [1.82, 2.24) is 9.97 Å². The van der Waals surface area contributed by atoms with Crippen LogP contribution in [0.5, 0.6) is 0 Å². The van der Waals surface area contributed by atoms with Gasteiger partial charge in [-0.15, -0.1) is 0 Å². The molecule has 4 N–H and O–H groups in total. The maximum Gasteiger partial charge on any atom is 0.135 e. The summed E-state index contributed by atoms with van der Waals surface area (Å²) >= 11 is 0. The van der Waals surface area contributed by atoms with Crippen molar-refractivity contribution < 1.29 is 5.11 Å². The molecule has 0 aliphatic heterocycles. The zero-order valence-electron chi connectivity index (χ0n) is 11.8.